The zero-order chi connectivity index (χ0) is 13.3. The summed E-state index contributed by atoms with van der Waals surface area (Å²) in [7, 11) is 0. The smallest absolute Gasteiger partial charge is 0.261 e. The summed E-state index contributed by atoms with van der Waals surface area (Å²) < 4.78 is 5.60. The largest absolute Gasteiger partial charge is 0.478 e. The molecule has 1 aromatic heterocycles. The lowest BCUT2D eigenvalue weighted by atomic mass is 10.1. The maximum Gasteiger partial charge on any atom is 0.261 e. The summed E-state index contributed by atoms with van der Waals surface area (Å²) in [4.78, 5) is 15.6. The molecule has 1 aromatic carbocycles. The number of carbonyl (C=O) groups excluding carboxylic acids is 1. The number of primary amides is 1. The van der Waals surface area contributed by atoms with Crippen LogP contribution in [0.1, 0.15) is 19.5 Å². The third-order valence-corrected chi connectivity index (χ3v) is 2.77. The highest BCUT2D eigenvalue weighted by atomic mass is 16.5. The molecule has 4 nitrogen and oxygen atoms in total. The molecule has 0 unspecified atom stereocenters. The van der Waals surface area contributed by atoms with Crippen molar-refractivity contribution in [2.75, 3.05) is 0 Å². The van der Waals surface area contributed by atoms with Crippen molar-refractivity contribution >= 4 is 16.8 Å². The van der Waals surface area contributed by atoms with E-state index < -0.39 is 11.5 Å². The quantitative estimate of drug-likeness (QED) is 0.900. The molecule has 18 heavy (non-hydrogen) atoms. The van der Waals surface area contributed by atoms with Crippen LogP contribution in [0.4, 0.5) is 0 Å². The van der Waals surface area contributed by atoms with Crippen LogP contribution in [-0.4, -0.2) is 16.5 Å². The summed E-state index contributed by atoms with van der Waals surface area (Å²) in [5, 5.41) is 0.971. The maximum atomic E-state index is 11.2. The van der Waals surface area contributed by atoms with Crippen LogP contribution in [0.25, 0.3) is 10.9 Å². The van der Waals surface area contributed by atoms with Gasteiger partial charge in [0, 0.05) is 11.1 Å². The molecule has 1 amide bonds. The molecule has 2 N–H and O–H groups in total. The predicted octanol–water partition coefficient (Wildman–Crippen LogP) is 2.19. The second kappa shape index (κ2) is 4.29. The Morgan fingerprint density at radius 1 is 1.28 bits per heavy atom. The minimum Gasteiger partial charge on any atom is -0.478 e. The van der Waals surface area contributed by atoms with Crippen LogP contribution in [0.3, 0.4) is 0 Å². The van der Waals surface area contributed by atoms with Crippen LogP contribution >= 0.6 is 0 Å². The van der Waals surface area contributed by atoms with Gasteiger partial charge >= 0.3 is 0 Å². The zero-order valence-corrected chi connectivity index (χ0v) is 10.7. The van der Waals surface area contributed by atoms with E-state index in [0.717, 1.165) is 16.6 Å². The van der Waals surface area contributed by atoms with Crippen molar-refractivity contribution in [3.8, 4) is 5.75 Å². The summed E-state index contributed by atoms with van der Waals surface area (Å²) >= 11 is 0. The first-order valence-electron chi connectivity index (χ1n) is 5.75. The fraction of sp³-hybridized carbons (Fsp3) is 0.286. The third kappa shape index (κ3) is 2.42. The van der Waals surface area contributed by atoms with E-state index in [1.807, 2.05) is 31.2 Å². The van der Waals surface area contributed by atoms with Crippen molar-refractivity contribution in [2.45, 2.75) is 26.4 Å². The number of ether oxygens (including phenoxy) is 1. The van der Waals surface area contributed by atoms with Gasteiger partial charge in [0.25, 0.3) is 5.91 Å². The van der Waals surface area contributed by atoms with Crippen LogP contribution in [0.5, 0.6) is 5.75 Å². The van der Waals surface area contributed by atoms with Gasteiger partial charge in [0.1, 0.15) is 5.75 Å². The Kier molecular flexibility index (Phi) is 2.95. The second-order valence-corrected chi connectivity index (χ2v) is 4.78. The number of nitrogens with two attached hydrogens (primary N) is 1. The Bertz CT molecular complexity index is 606. The molecule has 0 atom stereocenters. The van der Waals surface area contributed by atoms with Gasteiger partial charge in [-0.15, -0.1) is 0 Å². The van der Waals surface area contributed by atoms with E-state index >= 15 is 0 Å². The number of carbonyl (C=O) groups is 1. The van der Waals surface area contributed by atoms with Gasteiger partial charge in [0.2, 0.25) is 0 Å². The average molecular weight is 244 g/mol. The fourth-order valence-corrected chi connectivity index (χ4v) is 1.61. The average Bonchev–Trinajstić information content (AvgIpc) is 2.28. The van der Waals surface area contributed by atoms with Crippen molar-refractivity contribution in [3.63, 3.8) is 0 Å². The van der Waals surface area contributed by atoms with Gasteiger partial charge in [-0.2, -0.15) is 0 Å². The van der Waals surface area contributed by atoms with Gasteiger partial charge in [-0.05, 0) is 45.0 Å². The maximum absolute atomic E-state index is 11.2. The molecule has 0 spiro atoms. The molecule has 0 aliphatic carbocycles. The number of nitrogens with zero attached hydrogens (tertiary/aromatic N) is 1. The zero-order valence-electron chi connectivity index (χ0n) is 10.7. The van der Waals surface area contributed by atoms with Crippen LogP contribution in [0.15, 0.2) is 30.3 Å². The normalized spacial score (nSPS) is 11.5. The Morgan fingerprint density at radius 3 is 2.67 bits per heavy atom. The van der Waals surface area contributed by atoms with E-state index in [-0.39, 0.29) is 0 Å². The highest BCUT2D eigenvalue weighted by Crippen LogP contribution is 2.23. The molecule has 0 fully saturated rings. The number of pyridine rings is 1. The molecule has 1 heterocycles. The first-order chi connectivity index (χ1) is 8.38. The highest BCUT2D eigenvalue weighted by Gasteiger charge is 2.27. The van der Waals surface area contributed by atoms with Crippen LogP contribution in [0, 0.1) is 6.92 Å². The molecule has 0 aliphatic heterocycles. The number of benzene rings is 1. The number of hydrogen-bond acceptors (Lipinski definition) is 3. The lowest BCUT2D eigenvalue weighted by Gasteiger charge is -2.22. The topological polar surface area (TPSA) is 65.2 Å². The predicted molar refractivity (Wildman–Crippen MR) is 70.4 cm³/mol. The molecular formula is C14H16N2O2. The molecule has 0 bridgehead atoms. The molecule has 2 aromatic rings. The Labute approximate surface area is 106 Å². The van der Waals surface area contributed by atoms with E-state index in [2.05, 4.69) is 4.98 Å². The van der Waals surface area contributed by atoms with E-state index in [4.69, 9.17) is 10.5 Å². The Hall–Kier alpha value is -2.10. The first-order valence-corrected chi connectivity index (χ1v) is 5.75. The minimum atomic E-state index is -1.02. The van der Waals surface area contributed by atoms with Gasteiger partial charge in [0.15, 0.2) is 5.60 Å². The van der Waals surface area contributed by atoms with E-state index in [0.29, 0.717) is 5.75 Å². The summed E-state index contributed by atoms with van der Waals surface area (Å²) in [5.74, 6) is 0.113. The monoisotopic (exact) mass is 244 g/mol. The number of aromatic nitrogens is 1. The molecule has 94 valence electrons. The SMILES string of the molecule is Cc1ccc2cc(OC(C)(C)C(N)=O)ccc2n1. The molecule has 0 aliphatic rings. The van der Waals surface area contributed by atoms with Crippen LogP contribution in [0.2, 0.25) is 0 Å². The van der Waals surface area contributed by atoms with Crippen LogP contribution < -0.4 is 10.5 Å². The lowest BCUT2D eigenvalue weighted by molar-refractivity contribution is -0.130. The van der Waals surface area contributed by atoms with Crippen molar-refractivity contribution in [1.29, 1.82) is 0 Å². The number of fused-ring (bicyclic) bond motifs is 1. The molecular weight excluding hydrogens is 228 g/mol. The standard InChI is InChI=1S/C14H16N2O2/c1-9-4-5-10-8-11(6-7-12(10)16-9)18-14(2,3)13(15)17/h4-8H,1-3H3,(H2,15,17). The van der Waals surface area contributed by atoms with Crippen molar-refractivity contribution < 1.29 is 9.53 Å². The molecule has 0 saturated heterocycles. The van der Waals surface area contributed by atoms with Gasteiger partial charge in [-0.25, -0.2) is 0 Å². The fourth-order valence-electron chi connectivity index (χ4n) is 1.61. The summed E-state index contributed by atoms with van der Waals surface area (Å²) in [6, 6.07) is 9.42. The molecule has 4 heteroatoms. The lowest BCUT2D eigenvalue weighted by Crippen LogP contribution is -2.43. The number of hydrogen-bond donors (Lipinski definition) is 1. The van der Waals surface area contributed by atoms with Crippen molar-refractivity contribution in [2.24, 2.45) is 5.73 Å². The Morgan fingerprint density at radius 2 is 2.00 bits per heavy atom. The van der Waals surface area contributed by atoms with Crippen LogP contribution in [-0.2, 0) is 4.79 Å². The molecule has 0 saturated carbocycles. The Balaban J connectivity index is 2.36. The highest BCUT2D eigenvalue weighted by molar-refractivity contribution is 5.83. The van der Waals surface area contributed by atoms with Gasteiger partial charge < -0.3 is 10.5 Å². The van der Waals surface area contributed by atoms with Crippen molar-refractivity contribution in [3.05, 3.63) is 36.0 Å². The molecule has 2 rings (SSSR count). The molecule has 0 radical (unpaired) electrons. The van der Waals surface area contributed by atoms with E-state index in [1.165, 1.54) is 0 Å². The third-order valence-electron chi connectivity index (χ3n) is 2.77. The van der Waals surface area contributed by atoms with Gasteiger partial charge in [-0.3, -0.25) is 9.78 Å². The number of aryl methyl sites for hydroxylation is 1. The second-order valence-electron chi connectivity index (χ2n) is 4.78. The summed E-state index contributed by atoms with van der Waals surface area (Å²) in [6.07, 6.45) is 0. The number of amides is 1. The first kappa shape index (κ1) is 12.4. The summed E-state index contributed by atoms with van der Waals surface area (Å²) in [5.41, 5.74) is 6.12. The van der Waals surface area contributed by atoms with Gasteiger partial charge in [0.05, 0.1) is 5.52 Å². The van der Waals surface area contributed by atoms with E-state index in [9.17, 15) is 4.79 Å². The summed E-state index contributed by atoms with van der Waals surface area (Å²) in [6.45, 7) is 5.24. The van der Waals surface area contributed by atoms with E-state index in [1.54, 1.807) is 19.9 Å². The number of rotatable bonds is 3. The van der Waals surface area contributed by atoms with Gasteiger partial charge in [-0.1, -0.05) is 6.07 Å². The van der Waals surface area contributed by atoms with Crippen molar-refractivity contribution in [1.82, 2.24) is 4.98 Å². The minimum absolute atomic E-state index is 0.496.